The van der Waals surface area contributed by atoms with Crippen LogP contribution in [0.15, 0.2) is 0 Å². The summed E-state index contributed by atoms with van der Waals surface area (Å²) in [7, 11) is 0. The molecule has 0 saturated carbocycles. The molecule has 0 unspecified atom stereocenters. The lowest BCUT2D eigenvalue weighted by molar-refractivity contribution is 0.282. The summed E-state index contributed by atoms with van der Waals surface area (Å²) in [4.78, 5) is 0. The average Bonchev–Trinajstić information content (AvgIpc) is 2.46. The Bertz CT molecular complexity index is 271. The number of aliphatic hydroxyl groups excluding tert-OH is 1. The Balaban J connectivity index is 4.10. The first-order valence-corrected chi connectivity index (χ1v) is 7.32. The van der Waals surface area contributed by atoms with Crippen molar-refractivity contribution in [2.45, 2.75) is 96.7 Å². The van der Waals surface area contributed by atoms with Crippen LogP contribution in [0.4, 0.5) is 0 Å². The molecule has 0 aromatic carbocycles. The lowest BCUT2D eigenvalue weighted by atomic mass is 10.0. The molecule has 0 fully saturated rings. The van der Waals surface area contributed by atoms with Crippen LogP contribution in [0.3, 0.4) is 0 Å². The Morgan fingerprint density at radius 2 is 1.29 bits per heavy atom. The van der Waals surface area contributed by atoms with Gasteiger partial charge >= 0.3 is 0 Å². The van der Waals surface area contributed by atoms with Crippen molar-refractivity contribution in [1.82, 2.24) is 0 Å². The molecule has 1 atom stereocenters. The average molecular weight is 247 g/mol. The highest BCUT2D eigenvalue weighted by atomic mass is 16.2. The second-order valence-corrected chi connectivity index (χ2v) is 4.62. The van der Waals surface area contributed by atoms with Crippen molar-refractivity contribution < 1.29 is 12.0 Å². The summed E-state index contributed by atoms with van der Waals surface area (Å²) >= 11 is 0. The van der Waals surface area contributed by atoms with E-state index in [1.807, 2.05) is 0 Å². The van der Waals surface area contributed by atoms with E-state index in [0.29, 0.717) is 12.8 Å². The molecule has 0 aromatic heterocycles. The first-order chi connectivity index (χ1) is 10.3. The predicted molar refractivity (Wildman–Crippen MR) is 77.4 cm³/mol. The minimum Gasteiger partial charge on any atom is -0.396 e. The van der Waals surface area contributed by atoms with Gasteiger partial charge in [-0.2, -0.15) is 0 Å². The second kappa shape index (κ2) is 16.0. The number of aliphatic hydroxyl groups is 1. The van der Waals surface area contributed by atoms with Crippen LogP contribution in [0.2, 0.25) is 0 Å². The van der Waals surface area contributed by atoms with E-state index in [0.717, 1.165) is 51.4 Å². The maximum atomic E-state index is 8.69. The molecule has 104 valence electrons. The van der Waals surface area contributed by atoms with Gasteiger partial charge in [0, 0.05) is 13.5 Å². The van der Waals surface area contributed by atoms with Gasteiger partial charge in [0.1, 0.15) is 0 Å². The van der Waals surface area contributed by atoms with Crippen molar-refractivity contribution in [3.8, 4) is 0 Å². The molecule has 0 aliphatic carbocycles. The molecule has 0 saturated heterocycles. The molecule has 0 bridgehead atoms. The van der Waals surface area contributed by atoms with Gasteiger partial charge in [-0.1, -0.05) is 90.3 Å². The zero-order valence-electron chi connectivity index (χ0n) is 16.5. The third-order valence-electron chi connectivity index (χ3n) is 2.87. The van der Waals surface area contributed by atoms with Gasteiger partial charge in [0.25, 0.3) is 0 Å². The quantitative estimate of drug-likeness (QED) is 0.404. The van der Waals surface area contributed by atoms with E-state index in [9.17, 15) is 0 Å². The van der Waals surface area contributed by atoms with Crippen LogP contribution in [0.25, 0.3) is 0 Å². The molecule has 0 aromatic rings. The fourth-order valence-corrected chi connectivity index (χ4v) is 1.75. The Morgan fingerprint density at radius 3 is 1.94 bits per heavy atom. The minimum atomic E-state index is -2.09. The van der Waals surface area contributed by atoms with Crippen molar-refractivity contribution in [2.75, 3.05) is 6.61 Å². The number of unbranched alkanes of at least 4 members (excludes halogenated alkanes) is 7. The lowest BCUT2D eigenvalue weighted by Crippen LogP contribution is -1.84. The Hall–Kier alpha value is -0.0400. The Labute approximate surface area is 116 Å². The molecule has 0 heterocycles. The molecule has 17 heavy (non-hydrogen) atoms. The summed E-state index contributed by atoms with van der Waals surface area (Å²) < 4.78 is 40.0. The molecule has 1 nitrogen and oxygen atoms in total. The standard InChI is InChI=1S/C16H34O/c1-2-3-4-5-6-7-8-9-10-11-12-13-14-15-16-17/h17H,2-16H2,1H3/i6D,7D2,8D2/t6-/m1/s1. The fourth-order valence-electron chi connectivity index (χ4n) is 1.75. The summed E-state index contributed by atoms with van der Waals surface area (Å²) in [6.07, 6.45) is 3.81. The maximum absolute atomic E-state index is 8.69. The molecule has 0 spiro atoms. The fraction of sp³-hybridized carbons (Fsp3) is 1.00. The molecular formula is C16H34O. The van der Waals surface area contributed by atoms with E-state index >= 15 is 0 Å². The summed E-state index contributed by atoms with van der Waals surface area (Å²) in [5.41, 5.74) is 0. The van der Waals surface area contributed by atoms with Gasteiger partial charge in [-0.25, -0.2) is 0 Å². The molecule has 0 aliphatic heterocycles. The van der Waals surface area contributed by atoms with E-state index in [1.165, 1.54) is 0 Å². The smallest absolute Gasteiger partial charge is 0.0431 e. The molecule has 1 heteroatoms. The van der Waals surface area contributed by atoms with Gasteiger partial charge in [0.05, 0.1) is 0 Å². The third kappa shape index (κ3) is 16.0. The monoisotopic (exact) mass is 247 g/mol. The highest BCUT2D eigenvalue weighted by Crippen LogP contribution is 2.12. The third-order valence-corrected chi connectivity index (χ3v) is 2.87. The zero-order valence-corrected chi connectivity index (χ0v) is 11.5. The largest absolute Gasteiger partial charge is 0.396 e. The van der Waals surface area contributed by atoms with E-state index in [2.05, 4.69) is 6.92 Å². The van der Waals surface area contributed by atoms with Gasteiger partial charge in [-0.3, -0.25) is 0 Å². The Kier molecular flexibility index (Phi) is 9.23. The van der Waals surface area contributed by atoms with E-state index in [-0.39, 0.29) is 13.0 Å². The van der Waals surface area contributed by atoms with Crippen LogP contribution in [-0.4, -0.2) is 11.7 Å². The lowest BCUT2D eigenvalue weighted by Gasteiger charge is -2.02. The van der Waals surface area contributed by atoms with Crippen LogP contribution in [-0.2, 0) is 0 Å². The molecule has 0 aliphatic rings. The Morgan fingerprint density at radius 1 is 0.706 bits per heavy atom. The van der Waals surface area contributed by atoms with E-state index in [1.54, 1.807) is 0 Å². The predicted octanol–water partition coefficient (Wildman–Crippen LogP) is 5.46. The topological polar surface area (TPSA) is 20.2 Å². The van der Waals surface area contributed by atoms with Gasteiger partial charge in [0.2, 0.25) is 0 Å². The van der Waals surface area contributed by atoms with Crippen LogP contribution in [0.1, 0.15) is 104 Å². The SMILES string of the molecule is [2H][C@H](CCCCC)C([2H])([2H])C([2H])([2H])CCCCCCCCO. The normalized spacial score (nSPS) is 18.8. The second-order valence-electron chi connectivity index (χ2n) is 4.62. The van der Waals surface area contributed by atoms with Gasteiger partial charge < -0.3 is 5.11 Å². The highest BCUT2D eigenvalue weighted by Gasteiger charge is 1.93. The van der Waals surface area contributed by atoms with Crippen molar-refractivity contribution in [1.29, 1.82) is 0 Å². The molecular weight excluding hydrogens is 208 g/mol. The number of hydrogen-bond donors (Lipinski definition) is 1. The first-order valence-electron chi connectivity index (χ1n) is 9.90. The van der Waals surface area contributed by atoms with Gasteiger partial charge in [-0.05, 0) is 6.42 Å². The summed E-state index contributed by atoms with van der Waals surface area (Å²) in [5.74, 6) is 0. The van der Waals surface area contributed by atoms with Crippen LogP contribution >= 0.6 is 0 Å². The van der Waals surface area contributed by atoms with E-state index in [4.69, 9.17) is 12.0 Å². The summed E-state index contributed by atoms with van der Waals surface area (Å²) in [5, 5.41) is 8.69. The van der Waals surface area contributed by atoms with Gasteiger partial charge in [0.15, 0.2) is 0 Å². The van der Waals surface area contributed by atoms with Crippen molar-refractivity contribution in [3.05, 3.63) is 0 Å². The van der Waals surface area contributed by atoms with Crippen LogP contribution < -0.4 is 0 Å². The van der Waals surface area contributed by atoms with Crippen molar-refractivity contribution in [2.24, 2.45) is 0 Å². The van der Waals surface area contributed by atoms with Crippen molar-refractivity contribution in [3.63, 3.8) is 0 Å². The molecule has 0 radical (unpaired) electrons. The molecule has 1 N–H and O–H groups in total. The zero-order chi connectivity index (χ0) is 17.1. The van der Waals surface area contributed by atoms with Crippen molar-refractivity contribution >= 4 is 0 Å². The van der Waals surface area contributed by atoms with Crippen LogP contribution in [0.5, 0.6) is 0 Å². The molecule has 0 rings (SSSR count). The van der Waals surface area contributed by atoms with Crippen LogP contribution in [0, 0.1) is 0 Å². The number of rotatable bonds is 14. The van der Waals surface area contributed by atoms with Gasteiger partial charge in [-0.15, -0.1) is 0 Å². The highest BCUT2D eigenvalue weighted by molar-refractivity contribution is 4.48. The number of hydrogen-bond acceptors (Lipinski definition) is 1. The summed E-state index contributed by atoms with van der Waals surface area (Å²) in [6.45, 7) is 2.29. The minimum absolute atomic E-state index is 0.184. The van der Waals surface area contributed by atoms with E-state index < -0.39 is 19.1 Å². The summed E-state index contributed by atoms with van der Waals surface area (Å²) in [6, 6.07) is 0. The molecule has 0 amide bonds. The first kappa shape index (κ1) is 9.83. The maximum Gasteiger partial charge on any atom is 0.0431 e.